The Morgan fingerprint density at radius 1 is 1.41 bits per heavy atom. The van der Waals surface area contributed by atoms with Crippen LogP contribution in [0.2, 0.25) is 0 Å². The summed E-state index contributed by atoms with van der Waals surface area (Å²) >= 11 is 0. The van der Waals surface area contributed by atoms with Crippen molar-refractivity contribution >= 4 is 17.4 Å². The Hall–Kier alpha value is -2.96. The number of nitrogens with one attached hydrogen (secondary N) is 1. The number of aliphatic hydroxyl groups is 2. The standard InChI is InChI=1S/C15H15F2N5O5/c16-15(17)11(24)9(6-23)27-13(15)22-4-3-10(21-14(22)26)20-12(25)8-2-1-7(18)5-19-8/h1-5,9,11,13,23-24H,6,18H2,(H,20,21,25,26)/t9-,11?,13-/m1/s1. The number of rotatable bonds is 4. The van der Waals surface area contributed by atoms with Gasteiger partial charge in [0.05, 0.1) is 18.5 Å². The van der Waals surface area contributed by atoms with E-state index in [9.17, 15) is 23.5 Å². The Labute approximate surface area is 150 Å². The van der Waals surface area contributed by atoms with Gasteiger partial charge in [0, 0.05) is 6.20 Å². The summed E-state index contributed by atoms with van der Waals surface area (Å²) in [5, 5.41) is 20.8. The number of anilines is 2. The summed E-state index contributed by atoms with van der Waals surface area (Å²) in [5.41, 5.74) is 4.69. The molecule has 12 heteroatoms. The van der Waals surface area contributed by atoms with Crippen molar-refractivity contribution < 1.29 is 28.5 Å². The van der Waals surface area contributed by atoms with Crippen molar-refractivity contribution in [2.75, 3.05) is 17.7 Å². The average molecular weight is 383 g/mol. The summed E-state index contributed by atoms with van der Waals surface area (Å²) in [4.78, 5) is 31.4. The second kappa shape index (κ2) is 6.98. The predicted molar refractivity (Wildman–Crippen MR) is 87.0 cm³/mol. The fourth-order valence-corrected chi connectivity index (χ4v) is 2.50. The van der Waals surface area contributed by atoms with Crippen molar-refractivity contribution in [3.63, 3.8) is 0 Å². The monoisotopic (exact) mass is 383 g/mol. The Kier molecular flexibility index (Phi) is 4.87. The molecule has 5 N–H and O–H groups in total. The third kappa shape index (κ3) is 3.49. The Morgan fingerprint density at radius 3 is 2.70 bits per heavy atom. The van der Waals surface area contributed by atoms with E-state index in [0.29, 0.717) is 10.3 Å². The molecule has 3 atom stereocenters. The lowest BCUT2D eigenvalue weighted by Crippen LogP contribution is -2.41. The Bertz CT molecular complexity index is 904. The van der Waals surface area contributed by atoms with E-state index in [2.05, 4.69) is 15.3 Å². The minimum absolute atomic E-state index is 0.00903. The van der Waals surface area contributed by atoms with Gasteiger partial charge >= 0.3 is 11.6 Å². The molecule has 3 rings (SSSR count). The maximum Gasteiger partial charge on any atom is 0.351 e. The van der Waals surface area contributed by atoms with Crippen LogP contribution in [0.1, 0.15) is 16.7 Å². The average Bonchev–Trinajstić information content (AvgIpc) is 2.85. The minimum Gasteiger partial charge on any atom is -0.397 e. The molecule has 1 aliphatic heterocycles. The van der Waals surface area contributed by atoms with E-state index in [1.807, 2.05) is 0 Å². The molecule has 0 aliphatic carbocycles. The molecule has 27 heavy (non-hydrogen) atoms. The van der Waals surface area contributed by atoms with E-state index in [-0.39, 0.29) is 11.5 Å². The molecule has 2 aromatic heterocycles. The van der Waals surface area contributed by atoms with E-state index in [1.54, 1.807) is 0 Å². The van der Waals surface area contributed by atoms with Crippen LogP contribution in [0.3, 0.4) is 0 Å². The fraction of sp³-hybridized carbons (Fsp3) is 0.333. The van der Waals surface area contributed by atoms with Gasteiger partial charge in [-0.05, 0) is 18.2 Å². The number of hydrogen-bond acceptors (Lipinski definition) is 8. The molecule has 144 valence electrons. The van der Waals surface area contributed by atoms with Gasteiger partial charge in [0.2, 0.25) is 6.23 Å². The molecule has 1 saturated heterocycles. The van der Waals surface area contributed by atoms with E-state index < -0.39 is 42.6 Å². The van der Waals surface area contributed by atoms with Crippen LogP contribution in [0.15, 0.2) is 35.4 Å². The molecule has 1 aliphatic rings. The lowest BCUT2D eigenvalue weighted by atomic mass is 10.1. The highest BCUT2D eigenvalue weighted by Crippen LogP contribution is 2.41. The third-order valence-electron chi connectivity index (χ3n) is 3.90. The first-order valence-electron chi connectivity index (χ1n) is 7.68. The molecule has 2 aromatic rings. The van der Waals surface area contributed by atoms with Gasteiger partial charge in [-0.2, -0.15) is 13.8 Å². The SMILES string of the molecule is Nc1ccc(C(=O)Nc2ccn([C@@H]3O[C@H](CO)C(O)C3(F)F)c(=O)n2)nc1. The number of carbonyl (C=O) groups excluding carboxylic acids is 1. The summed E-state index contributed by atoms with van der Waals surface area (Å²) in [7, 11) is 0. The largest absolute Gasteiger partial charge is 0.397 e. The second-order valence-electron chi connectivity index (χ2n) is 5.76. The van der Waals surface area contributed by atoms with E-state index in [1.165, 1.54) is 18.3 Å². The number of hydrogen-bond donors (Lipinski definition) is 4. The van der Waals surface area contributed by atoms with Gasteiger partial charge in [-0.1, -0.05) is 0 Å². The summed E-state index contributed by atoms with van der Waals surface area (Å²) in [6.45, 7) is -0.849. The fourth-order valence-electron chi connectivity index (χ4n) is 2.50. The highest BCUT2D eigenvalue weighted by molar-refractivity contribution is 6.02. The molecular formula is C15H15F2N5O5. The first kappa shape index (κ1) is 18.8. The molecule has 3 heterocycles. The van der Waals surface area contributed by atoms with E-state index in [0.717, 1.165) is 12.3 Å². The zero-order chi connectivity index (χ0) is 19.8. The van der Waals surface area contributed by atoms with Crippen molar-refractivity contribution in [3.05, 3.63) is 46.8 Å². The van der Waals surface area contributed by atoms with Crippen molar-refractivity contribution in [1.29, 1.82) is 0 Å². The normalized spacial score (nSPS) is 23.9. The minimum atomic E-state index is -3.82. The summed E-state index contributed by atoms with van der Waals surface area (Å²) in [5.74, 6) is -4.70. The molecule has 1 amide bonds. The zero-order valence-corrected chi connectivity index (χ0v) is 13.6. The predicted octanol–water partition coefficient (Wildman–Crippen LogP) is -0.641. The zero-order valence-electron chi connectivity index (χ0n) is 13.6. The van der Waals surface area contributed by atoms with Gasteiger partial charge in [-0.15, -0.1) is 0 Å². The molecule has 0 aromatic carbocycles. The smallest absolute Gasteiger partial charge is 0.351 e. The molecule has 1 fully saturated rings. The Morgan fingerprint density at radius 2 is 2.15 bits per heavy atom. The van der Waals surface area contributed by atoms with Gasteiger partial charge in [-0.3, -0.25) is 9.36 Å². The van der Waals surface area contributed by atoms with Gasteiger partial charge in [0.25, 0.3) is 5.91 Å². The van der Waals surface area contributed by atoms with Crippen molar-refractivity contribution in [2.45, 2.75) is 24.4 Å². The van der Waals surface area contributed by atoms with Crippen molar-refractivity contribution in [2.24, 2.45) is 0 Å². The summed E-state index contributed by atoms with van der Waals surface area (Å²) in [6.07, 6.45) is -3.77. The van der Waals surface area contributed by atoms with Crippen LogP contribution in [0, 0.1) is 0 Å². The first-order chi connectivity index (χ1) is 12.7. The number of aromatic nitrogens is 3. The van der Waals surface area contributed by atoms with E-state index >= 15 is 0 Å². The maximum absolute atomic E-state index is 14.1. The molecule has 0 saturated carbocycles. The number of halogens is 2. The summed E-state index contributed by atoms with van der Waals surface area (Å²) < 4.78 is 33.6. The van der Waals surface area contributed by atoms with Gasteiger partial charge in [-0.25, -0.2) is 9.78 Å². The van der Waals surface area contributed by atoms with Crippen LogP contribution in [-0.4, -0.2) is 55.4 Å². The topological polar surface area (TPSA) is 153 Å². The number of carbonyl (C=O) groups is 1. The number of nitrogens with zero attached hydrogens (tertiary/aromatic N) is 3. The lowest BCUT2D eigenvalue weighted by Gasteiger charge is -2.21. The highest BCUT2D eigenvalue weighted by Gasteiger charge is 2.59. The number of nitrogens with two attached hydrogens (primary N) is 1. The molecule has 0 bridgehead atoms. The number of amides is 1. The van der Waals surface area contributed by atoms with Crippen LogP contribution in [0.4, 0.5) is 20.3 Å². The molecule has 0 radical (unpaired) electrons. The lowest BCUT2D eigenvalue weighted by molar-refractivity contribution is -0.140. The van der Waals surface area contributed by atoms with Gasteiger partial charge in [0.15, 0.2) is 6.10 Å². The van der Waals surface area contributed by atoms with Crippen LogP contribution >= 0.6 is 0 Å². The second-order valence-corrected chi connectivity index (χ2v) is 5.76. The van der Waals surface area contributed by atoms with Crippen LogP contribution in [0.25, 0.3) is 0 Å². The van der Waals surface area contributed by atoms with Gasteiger partial charge in [0.1, 0.15) is 17.6 Å². The van der Waals surface area contributed by atoms with Crippen LogP contribution in [-0.2, 0) is 4.74 Å². The quantitative estimate of drug-likeness (QED) is 0.544. The number of aliphatic hydroxyl groups excluding tert-OH is 2. The third-order valence-corrected chi connectivity index (χ3v) is 3.90. The van der Waals surface area contributed by atoms with Crippen LogP contribution in [0.5, 0.6) is 0 Å². The molecule has 0 spiro atoms. The van der Waals surface area contributed by atoms with Crippen molar-refractivity contribution in [1.82, 2.24) is 14.5 Å². The maximum atomic E-state index is 14.1. The van der Waals surface area contributed by atoms with E-state index in [4.69, 9.17) is 15.6 Å². The highest BCUT2D eigenvalue weighted by atomic mass is 19.3. The molecule has 1 unspecified atom stereocenters. The number of ether oxygens (including phenoxy) is 1. The Balaban J connectivity index is 1.81. The first-order valence-corrected chi connectivity index (χ1v) is 7.68. The molecular weight excluding hydrogens is 368 g/mol. The number of nitrogen functional groups attached to an aromatic ring is 1. The van der Waals surface area contributed by atoms with Crippen molar-refractivity contribution in [3.8, 4) is 0 Å². The van der Waals surface area contributed by atoms with Gasteiger partial charge < -0.3 is 26.0 Å². The van der Waals surface area contributed by atoms with Crippen LogP contribution < -0.4 is 16.7 Å². The number of alkyl halides is 2. The number of pyridine rings is 1. The summed E-state index contributed by atoms with van der Waals surface area (Å²) in [6, 6.07) is 3.92. The molecule has 10 nitrogen and oxygen atoms in total.